The Morgan fingerprint density at radius 1 is 1.24 bits per heavy atom. The molecular formula is C15H21N3O3. The number of aromatic carboxylic acids is 1. The minimum absolute atomic E-state index is 0.106. The number of hydrogen-bond donors (Lipinski definition) is 2. The lowest BCUT2D eigenvalue weighted by molar-refractivity contribution is 0.0698. The molecule has 2 rings (SSSR count). The van der Waals surface area contributed by atoms with Crippen LogP contribution in [0.4, 0.5) is 10.5 Å². The molecule has 1 saturated heterocycles. The molecular weight excluding hydrogens is 270 g/mol. The number of carboxylic acids is 1. The van der Waals surface area contributed by atoms with Crippen molar-refractivity contribution < 1.29 is 14.7 Å². The number of anilines is 1. The van der Waals surface area contributed by atoms with Crippen LogP contribution in [0.25, 0.3) is 0 Å². The average molecular weight is 291 g/mol. The molecule has 0 unspecified atom stereocenters. The maximum absolute atomic E-state index is 12.2. The van der Waals surface area contributed by atoms with Crippen LogP contribution in [0.5, 0.6) is 0 Å². The number of benzene rings is 1. The van der Waals surface area contributed by atoms with Gasteiger partial charge < -0.3 is 20.2 Å². The van der Waals surface area contributed by atoms with Gasteiger partial charge in [0.25, 0.3) is 0 Å². The maximum atomic E-state index is 12.2. The van der Waals surface area contributed by atoms with Crippen LogP contribution in [-0.4, -0.2) is 60.1 Å². The smallest absolute Gasteiger partial charge is 0.337 e. The Morgan fingerprint density at radius 3 is 2.43 bits per heavy atom. The highest BCUT2D eigenvalue weighted by atomic mass is 16.4. The lowest BCUT2D eigenvalue weighted by atomic mass is 10.0. The van der Waals surface area contributed by atoms with Crippen molar-refractivity contribution in [3.63, 3.8) is 0 Å². The van der Waals surface area contributed by atoms with E-state index in [1.54, 1.807) is 23.1 Å². The van der Waals surface area contributed by atoms with Crippen molar-refractivity contribution in [1.29, 1.82) is 0 Å². The average Bonchev–Trinajstić information content (AvgIpc) is 2.47. The lowest BCUT2D eigenvalue weighted by Crippen LogP contribution is -2.46. The first-order chi connectivity index (χ1) is 9.99. The van der Waals surface area contributed by atoms with Gasteiger partial charge in [0.2, 0.25) is 0 Å². The van der Waals surface area contributed by atoms with Gasteiger partial charge in [-0.3, -0.25) is 0 Å². The number of carbonyl (C=O) groups is 2. The van der Waals surface area contributed by atoms with Gasteiger partial charge in [-0.1, -0.05) is 12.1 Å². The number of nitrogens with zero attached hydrogens (tertiary/aromatic N) is 2. The van der Waals surface area contributed by atoms with Gasteiger partial charge in [-0.25, -0.2) is 9.59 Å². The van der Waals surface area contributed by atoms with Crippen molar-refractivity contribution in [2.75, 3.05) is 32.5 Å². The van der Waals surface area contributed by atoms with E-state index in [-0.39, 0.29) is 11.6 Å². The lowest BCUT2D eigenvalue weighted by Gasteiger charge is -2.35. The molecule has 6 heteroatoms. The SMILES string of the molecule is CN(C)C1CCN(C(=O)Nc2ccccc2C(=O)O)CC1. The second-order valence-corrected chi connectivity index (χ2v) is 5.46. The van der Waals surface area contributed by atoms with E-state index >= 15 is 0 Å². The van der Waals surface area contributed by atoms with Crippen molar-refractivity contribution in [2.24, 2.45) is 0 Å². The normalized spacial score (nSPS) is 16.0. The summed E-state index contributed by atoms with van der Waals surface area (Å²) in [6.45, 7) is 1.37. The molecule has 1 fully saturated rings. The molecule has 1 aliphatic heterocycles. The van der Waals surface area contributed by atoms with Gasteiger partial charge in [-0.15, -0.1) is 0 Å². The third-order valence-electron chi connectivity index (χ3n) is 3.88. The second-order valence-electron chi connectivity index (χ2n) is 5.46. The van der Waals surface area contributed by atoms with E-state index in [0.29, 0.717) is 24.8 Å². The van der Waals surface area contributed by atoms with E-state index in [9.17, 15) is 9.59 Å². The zero-order valence-corrected chi connectivity index (χ0v) is 12.4. The van der Waals surface area contributed by atoms with E-state index in [4.69, 9.17) is 5.11 Å². The Balaban J connectivity index is 1.98. The summed E-state index contributed by atoms with van der Waals surface area (Å²) in [6, 6.07) is 6.70. The van der Waals surface area contributed by atoms with Gasteiger partial charge in [-0.2, -0.15) is 0 Å². The number of carbonyl (C=O) groups excluding carboxylic acids is 1. The molecule has 0 aliphatic carbocycles. The summed E-state index contributed by atoms with van der Waals surface area (Å²) in [5, 5.41) is 11.8. The molecule has 1 aliphatic rings. The molecule has 114 valence electrons. The standard InChI is InChI=1S/C15H21N3O3/c1-17(2)11-7-9-18(10-8-11)15(21)16-13-6-4-3-5-12(13)14(19)20/h3-6,11H,7-10H2,1-2H3,(H,16,21)(H,19,20). The number of nitrogens with one attached hydrogen (secondary N) is 1. The molecule has 0 radical (unpaired) electrons. The summed E-state index contributed by atoms with van der Waals surface area (Å²) >= 11 is 0. The molecule has 0 saturated carbocycles. The molecule has 2 N–H and O–H groups in total. The Labute approximate surface area is 124 Å². The topological polar surface area (TPSA) is 72.9 Å². The third-order valence-corrected chi connectivity index (χ3v) is 3.88. The number of urea groups is 1. The Bertz CT molecular complexity index is 523. The molecule has 0 bridgehead atoms. The maximum Gasteiger partial charge on any atom is 0.337 e. The summed E-state index contributed by atoms with van der Waals surface area (Å²) in [6.07, 6.45) is 1.86. The van der Waals surface area contributed by atoms with E-state index < -0.39 is 5.97 Å². The first-order valence-corrected chi connectivity index (χ1v) is 7.03. The van der Waals surface area contributed by atoms with Crippen LogP contribution in [0.3, 0.4) is 0 Å². The molecule has 21 heavy (non-hydrogen) atoms. The molecule has 1 aromatic rings. The monoisotopic (exact) mass is 291 g/mol. The van der Waals surface area contributed by atoms with Crippen LogP contribution >= 0.6 is 0 Å². The van der Waals surface area contributed by atoms with Gasteiger partial charge in [-0.05, 0) is 39.1 Å². The predicted octanol–water partition coefficient (Wildman–Crippen LogP) is 1.94. The number of para-hydroxylation sites is 1. The fourth-order valence-corrected chi connectivity index (χ4v) is 2.56. The highest BCUT2D eigenvalue weighted by molar-refractivity contribution is 5.99. The van der Waals surface area contributed by atoms with Gasteiger partial charge in [0.05, 0.1) is 11.3 Å². The summed E-state index contributed by atoms with van der Waals surface area (Å²) in [4.78, 5) is 27.3. The van der Waals surface area contributed by atoms with Crippen LogP contribution in [0.15, 0.2) is 24.3 Å². The third kappa shape index (κ3) is 3.72. The van der Waals surface area contributed by atoms with Crippen LogP contribution in [0.2, 0.25) is 0 Å². The minimum atomic E-state index is -1.04. The highest BCUT2D eigenvalue weighted by Crippen LogP contribution is 2.18. The Hall–Kier alpha value is -2.08. The molecule has 6 nitrogen and oxygen atoms in total. The largest absolute Gasteiger partial charge is 0.478 e. The van der Waals surface area contributed by atoms with Crippen molar-refractivity contribution in [2.45, 2.75) is 18.9 Å². The molecule has 1 heterocycles. The van der Waals surface area contributed by atoms with E-state index in [0.717, 1.165) is 12.8 Å². The predicted molar refractivity (Wildman–Crippen MR) is 80.7 cm³/mol. The zero-order valence-electron chi connectivity index (χ0n) is 12.4. The summed E-state index contributed by atoms with van der Waals surface area (Å²) in [7, 11) is 4.09. The number of likely N-dealkylation sites (tertiary alicyclic amines) is 1. The van der Waals surface area contributed by atoms with Crippen molar-refractivity contribution >= 4 is 17.7 Å². The molecule has 0 atom stereocenters. The quantitative estimate of drug-likeness (QED) is 0.892. The molecule has 0 spiro atoms. The molecule has 0 aromatic heterocycles. The molecule has 1 aromatic carbocycles. The summed E-state index contributed by atoms with van der Waals surface area (Å²) in [5.41, 5.74) is 0.443. The fraction of sp³-hybridized carbons (Fsp3) is 0.467. The number of hydrogen-bond acceptors (Lipinski definition) is 3. The Morgan fingerprint density at radius 2 is 1.86 bits per heavy atom. The van der Waals surface area contributed by atoms with Crippen molar-refractivity contribution in [3.05, 3.63) is 29.8 Å². The van der Waals surface area contributed by atoms with Crippen molar-refractivity contribution in [3.8, 4) is 0 Å². The van der Waals surface area contributed by atoms with Gasteiger partial charge >= 0.3 is 12.0 Å². The highest BCUT2D eigenvalue weighted by Gasteiger charge is 2.24. The van der Waals surface area contributed by atoms with Crippen LogP contribution in [0.1, 0.15) is 23.2 Å². The zero-order chi connectivity index (χ0) is 15.4. The Kier molecular flexibility index (Phi) is 4.80. The molecule has 2 amide bonds. The van der Waals surface area contributed by atoms with Crippen LogP contribution in [0, 0.1) is 0 Å². The van der Waals surface area contributed by atoms with Crippen LogP contribution < -0.4 is 5.32 Å². The van der Waals surface area contributed by atoms with Gasteiger partial charge in [0.1, 0.15) is 0 Å². The van der Waals surface area contributed by atoms with Crippen LogP contribution in [-0.2, 0) is 0 Å². The number of carboxylic acid groups (broad SMARTS) is 1. The van der Waals surface area contributed by atoms with E-state index in [1.165, 1.54) is 6.07 Å². The fourth-order valence-electron chi connectivity index (χ4n) is 2.56. The van der Waals surface area contributed by atoms with Crippen molar-refractivity contribution in [1.82, 2.24) is 9.80 Å². The number of amides is 2. The van der Waals surface area contributed by atoms with Gasteiger partial charge in [0.15, 0.2) is 0 Å². The second kappa shape index (κ2) is 6.58. The summed E-state index contributed by atoms with van der Waals surface area (Å²) < 4.78 is 0. The first kappa shape index (κ1) is 15.3. The van der Waals surface area contributed by atoms with Gasteiger partial charge in [0, 0.05) is 19.1 Å². The number of rotatable bonds is 3. The van der Waals surface area contributed by atoms with E-state index in [2.05, 4.69) is 10.2 Å². The summed E-state index contributed by atoms with van der Waals surface area (Å²) in [5.74, 6) is -1.04. The first-order valence-electron chi connectivity index (χ1n) is 7.03. The van der Waals surface area contributed by atoms with E-state index in [1.807, 2.05) is 14.1 Å². The minimum Gasteiger partial charge on any atom is -0.478 e. The number of piperidine rings is 1.